The molecule has 6 nitrogen and oxygen atoms in total. The molecule has 0 spiro atoms. The van der Waals surface area contributed by atoms with Crippen LogP contribution < -0.4 is 14.2 Å². The number of nitrogens with zero attached hydrogens (tertiary/aromatic N) is 2. The summed E-state index contributed by atoms with van der Waals surface area (Å²) in [6.07, 6.45) is 2.50. The highest BCUT2D eigenvalue weighted by atomic mass is 16.7. The second-order valence-electron chi connectivity index (χ2n) is 4.52. The zero-order chi connectivity index (χ0) is 13.9. The van der Waals surface area contributed by atoms with Crippen molar-refractivity contribution in [3.8, 4) is 17.2 Å². The summed E-state index contributed by atoms with van der Waals surface area (Å²) in [6, 6.07) is 5.47. The molecule has 6 heteroatoms. The monoisotopic (exact) mass is 276 g/mol. The molecule has 0 aliphatic carbocycles. The number of benzene rings is 1. The van der Waals surface area contributed by atoms with Gasteiger partial charge in [0.1, 0.15) is 5.75 Å². The van der Waals surface area contributed by atoms with Crippen LogP contribution in [0.25, 0.3) is 0 Å². The van der Waals surface area contributed by atoms with E-state index in [1.54, 1.807) is 18.3 Å². The van der Waals surface area contributed by atoms with Gasteiger partial charge in [0.05, 0.1) is 13.2 Å². The van der Waals surface area contributed by atoms with Crippen molar-refractivity contribution in [3.05, 3.63) is 35.7 Å². The number of rotatable bonds is 5. The Kier molecular flexibility index (Phi) is 3.47. The Labute approximate surface area is 116 Å². The fourth-order valence-corrected chi connectivity index (χ4v) is 2.14. The smallest absolute Gasteiger partial charge is 0.231 e. The van der Waals surface area contributed by atoms with Gasteiger partial charge in [0, 0.05) is 37.0 Å². The molecule has 0 radical (unpaired) electrons. The summed E-state index contributed by atoms with van der Waals surface area (Å²) in [5.41, 5.74) is 1.79. The predicted molar refractivity (Wildman–Crippen MR) is 70.9 cm³/mol. The first-order chi connectivity index (χ1) is 9.78. The van der Waals surface area contributed by atoms with Crippen LogP contribution in [0.5, 0.6) is 17.2 Å². The highest BCUT2D eigenvalue weighted by Crippen LogP contribution is 2.38. The summed E-state index contributed by atoms with van der Waals surface area (Å²) in [4.78, 5) is 0. The lowest BCUT2D eigenvalue weighted by Crippen LogP contribution is -2.07. The van der Waals surface area contributed by atoms with Crippen LogP contribution in [0.3, 0.4) is 0 Å². The van der Waals surface area contributed by atoms with Crippen molar-refractivity contribution in [2.75, 3.05) is 13.4 Å². The SMILES string of the molecule is Cn1nccc1CCOc1cc2c(cc1CO)OCO2. The first kappa shape index (κ1) is 12.8. The van der Waals surface area contributed by atoms with Crippen LogP contribution in [0.15, 0.2) is 24.4 Å². The normalized spacial score (nSPS) is 12.7. The van der Waals surface area contributed by atoms with Crippen molar-refractivity contribution in [1.29, 1.82) is 0 Å². The summed E-state index contributed by atoms with van der Waals surface area (Å²) in [5.74, 6) is 1.92. The Hall–Kier alpha value is -2.21. The van der Waals surface area contributed by atoms with Crippen molar-refractivity contribution >= 4 is 0 Å². The number of ether oxygens (including phenoxy) is 3. The third-order valence-corrected chi connectivity index (χ3v) is 3.26. The maximum absolute atomic E-state index is 9.39. The van der Waals surface area contributed by atoms with Gasteiger partial charge in [-0.2, -0.15) is 5.10 Å². The fourth-order valence-electron chi connectivity index (χ4n) is 2.14. The molecular formula is C14H16N2O4. The van der Waals surface area contributed by atoms with Crippen molar-refractivity contribution in [2.24, 2.45) is 7.05 Å². The Morgan fingerprint density at radius 3 is 2.85 bits per heavy atom. The molecule has 0 unspecified atom stereocenters. The molecule has 1 aliphatic heterocycles. The quantitative estimate of drug-likeness (QED) is 0.890. The second kappa shape index (κ2) is 5.42. The Bertz CT molecular complexity index is 609. The van der Waals surface area contributed by atoms with Gasteiger partial charge in [-0.05, 0) is 12.1 Å². The summed E-state index contributed by atoms with van der Waals surface area (Å²) < 4.78 is 18.1. The number of aliphatic hydroxyl groups excluding tert-OH is 1. The Balaban J connectivity index is 1.69. The number of aryl methyl sites for hydroxylation is 1. The minimum atomic E-state index is -0.0995. The third kappa shape index (κ3) is 2.42. The van der Waals surface area contributed by atoms with E-state index in [1.165, 1.54) is 0 Å². The molecule has 1 aromatic heterocycles. The maximum Gasteiger partial charge on any atom is 0.231 e. The summed E-state index contributed by atoms with van der Waals surface area (Å²) >= 11 is 0. The lowest BCUT2D eigenvalue weighted by molar-refractivity contribution is 0.173. The average molecular weight is 276 g/mol. The van der Waals surface area contributed by atoms with Gasteiger partial charge in [0.25, 0.3) is 0 Å². The number of aromatic nitrogens is 2. The summed E-state index contributed by atoms with van der Waals surface area (Å²) in [6.45, 7) is 0.614. The Morgan fingerprint density at radius 2 is 2.15 bits per heavy atom. The molecule has 0 saturated carbocycles. The van der Waals surface area contributed by atoms with Gasteiger partial charge in [0.2, 0.25) is 6.79 Å². The summed E-state index contributed by atoms with van der Waals surface area (Å²) in [5, 5.41) is 13.5. The van der Waals surface area contributed by atoms with Crippen LogP contribution in [0.1, 0.15) is 11.3 Å². The molecule has 3 rings (SSSR count). The number of fused-ring (bicyclic) bond motifs is 1. The third-order valence-electron chi connectivity index (χ3n) is 3.26. The van der Waals surface area contributed by atoms with Gasteiger partial charge in [-0.25, -0.2) is 0 Å². The largest absolute Gasteiger partial charge is 0.493 e. The highest BCUT2D eigenvalue weighted by molar-refractivity contribution is 5.51. The Morgan fingerprint density at radius 1 is 1.35 bits per heavy atom. The highest BCUT2D eigenvalue weighted by Gasteiger charge is 2.17. The van der Waals surface area contributed by atoms with Crippen LogP contribution in [0, 0.1) is 0 Å². The number of aliphatic hydroxyl groups is 1. The average Bonchev–Trinajstić information content (AvgIpc) is 3.06. The van der Waals surface area contributed by atoms with Crippen molar-refractivity contribution in [2.45, 2.75) is 13.0 Å². The zero-order valence-electron chi connectivity index (χ0n) is 11.2. The van der Waals surface area contributed by atoms with Crippen LogP contribution in [0.4, 0.5) is 0 Å². The minimum absolute atomic E-state index is 0.0995. The van der Waals surface area contributed by atoms with Gasteiger partial charge < -0.3 is 19.3 Å². The topological polar surface area (TPSA) is 65.7 Å². The molecule has 0 fully saturated rings. The van der Waals surface area contributed by atoms with Crippen LogP contribution in [0.2, 0.25) is 0 Å². The van der Waals surface area contributed by atoms with Gasteiger partial charge >= 0.3 is 0 Å². The van der Waals surface area contributed by atoms with E-state index in [0.717, 1.165) is 12.1 Å². The van der Waals surface area contributed by atoms with E-state index in [0.29, 0.717) is 29.4 Å². The van der Waals surface area contributed by atoms with E-state index in [-0.39, 0.29) is 13.4 Å². The van der Waals surface area contributed by atoms with E-state index < -0.39 is 0 Å². The van der Waals surface area contributed by atoms with Crippen molar-refractivity contribution < 1.29 is 19.3 Å². The predicted octanol–water partition coefficient (Wildman–Crippen LogP) is 1.26. The standard InChI is InChI=1S/C14H16N2O4/c1-16-11(2-4-15-16)3-5-18-12-7-14-13(19-9-20-14)6-10(12)8-17/h2,4,6-7,17H,3,5,8-9H2,1H3. The fraction of sp³-hybridized carbons (Fsp3) is 0.357. The molecular weight excluding hydrogens is 260 g/mol. The van der Waals surface area contributed by atoms with Crippen LogP contribution in [-0.2, 0) is 20.1 Å². The molecule has 1 aliphatic rings. The molecule has 0 bridgehead atoms. The molecule has 1 N–H and O–H groups in total. The van der Waals surface area contributed by atoms with Crippen molar-refractivity contribution in [1.82, 2.24) is 9.78 Å². The molecule has 106 valence electrons. The van der Waals surface area contributed by atoms with Crippen molar-refractivity contribution in [3.63, 3.8) is 0 Å². The van der Waals surface area contributed by atoms with Crippen LogP contribution >= 0.6 is 0 Å². The first-order valence-corrected chi connectivity index (χ1v) is 6.41. The number of hydrogen-bond donors (Lipinski definition) is 1. The second-order valence-corrected chi connectivity index (χ2v) is 4.52. The molecule has 0 atom stereocenters. The lowest BCUT2D eigenvalue weighted by Gasteiger charge is -2.11. The van der Waals surface area contributed by atoms with Crippen LogP contribution in [-0.4, -0.2) is 28.3 Å². The van der Waals surface area contributed by atoms with Gasteiger partial charge in [-0.1, -0.05) is 0 Å². The zero-order valence-corrected chi connectivity index (χ0v) is 11.2. The van der Waals surface area contributed by atoms with Gasteiger partial charge in [-0.15, -0.1) is 0 Å². The van der Waals surface area contributed by atoms with Gasteiger partial charge in [-0.3, -0.25) is 4.68 Å². The van der Waals surface area contributed by atoms with E-state index in [9.17, 15) is 5.11 Å². The van der Waals surface area contributed by atoms with E-state index >= 15 is 0 Å². The van der Waals surface area contributed by atoms with Gasteiger partial charge in [0.15, 0.2) is 11.5 Å². The van der Waals surface area contributed by atoms with E-state index in [1.807, 2.05) is 17.8 Å². The molecule has 1 aromatic carbocycles. The molecule has 0 amide bonds. The first-order valence-electron chi connectivity index (χ1n) is 6.41. The molecule has 0 saturated heterocycles. The molecule has 2 aromatic rings. The minimum Gasteiger partial charge on any atom is -0.493 e. The van der Waals surface area contributed by atoms with E-state index in [2.05, 4.69) is 5.10 Å². The lowest BCUT2D eigenvalue weighted by atomic mass is 10.2. The number of hydrogen-bond acceptors (Lipinski definition) is 5. The van der Waals surface area contributed by atoms with E-state index in [4.69, 9.17) is 14.2 Å². The summed E-state index contributed by atoms with van der Waals surface area (Å²) in [7, 11) is 1.90. The molecule has 2 heterocycles. The molecule has 20 heavy (non-hydrogen) atoms. The maximum atomic E-state index is 9.39.